The smallest absolute Gasteiger partial charge is 0.238 e. The Kier molecular flexibility index (Phi) is 5.73. The number of hydrogen-bond donors (Lipinski definition) is 1. The molecule has 0 atom stereocenters. The third-order valence-electron chi connectivity index (χ3n) is 4.31. The lowest BCUT2D eigenvalue weighted by atomic mass is 10.2. The minimum Gasteiger partial charge on any atom is -0.325 e. The number of carbonyl (C=O) groups is 1. The second-order valence-electron chi connectivity index (χ2n) is 6.20. The lowest BCUT2D eigenvalue weighted by molar-refractivity contribution is -0.117. The first kappa shape index (κ1) is 17.5. The molecule has 0 spiro atoms. The molecule has 132 valence electrons. The minimum absolute atomic E-state index is 0.117. The molecule has 2 aromatic rings. The first-order valence-corrected chi connectivity index (χ1v) is 8.34. The quantitative estimate of drug-likeness (QED) is 0.905. The summed E-state index contributed by atoms with van der Waals surface area (Å²) in [6.45, 7) is 3.97. The summed E-state index contributed by atoms with van der Waals surface area (Å²) < 4.78 is 26.6. The molecule has 1 N–H and O–H groups in total. The lowest BCUT2D eigenvalue weighted by Gasteiger charge is -2.34. The van der Waals surface area contributed by atoms with Crippen LogP contribution in [0.25, 0.3) is 0 Å². The fourth-order valence-electron chi connectivity index (χ4n) is 2.91. The van der Waals surface area contributed by atoms with Crippen LogP contribution in [0.5, 0.6) is 0 Å². The molecule has 0 bridgehead atoms. The molecule has 0 unspecified atom stereocenters. The zero-order chi connectivity index (χ0) is 17.6. The number of rotatable bonds is 5. The van der Waals surface area contributed by atoms with Crippen LogP contribution in [0.1, 0.15) is 5.56 Å². The molecule has 1 amide bonds. The average molecular weight is 345 g/mol. The highest BCUT2D eigenvalue weighted by molar-refractivity contribution is 5.92. The van der Waals surface area contributed by atoms with Crippen LogP contribution < -0.4 is 5.32 Å². The van der Waals surface area contributed by atoms with Crippen LogP contribution in [0.2, 0.25) is 0 Å². The Hall–Kier alpha value is -2.31. The highest BCUT2D eigenvalue weighted by atomic mass is 19.1. The first-order chi connectivity index (χ1) is 12.1. The number of hydrogen-bond acceptors (Lipinski definition) is 3. The van der Waals surface area contributed by atoms with E-state index in [4.69, 9.17) is 0 Å². The first-order valence-electron chi connectivity index (χ1n) is 8.34. The number of anilines is 1. The van der Waals surface area contributed by atoms with Gasteiger partial charge in [-0.15, -0.1) is 0 Å². The van der Waals surface area contributed by atoms with E-state index >= 15 is 0 Å². The van der Waals surface area contributed by atoms with Crippen molar-refractivity contribution in [1.29, 1.82) is 0 Å². The summed E-state index contributed by atoms with van der Waals surface area (Å²) >= 11 is 0. The van der Waals surface area contributed by atoms with Gasteiger partial charge >= 0.3 is 0 Å². The molecule has 0 aliphatic carbocycles. The Morgan fingerprint density at radius 2 is 1.56 bits per heavy atom. The van der Waals surface area contributed by atoms with Crippen LogP contribution in [0.3, 0.4) is 0 Å². The summed E-state index contributed by atoms with van der Waals surface area (Å²) in [6, 6.07) is 12.5. The van der Waals surface area contributed by atoms with Crippen LogP contribution in [0.4, 0.5) is 14.5 Å². The van der Waals surface area contributed by atoms with Gasteiger partial charge in [0, 0.05) is 44.0 Å². The molecule has 1 fully saturated rings. The van der Waals surface area contributed by atoms with Gasteiger partial charge in [-0.3, -0.25) is 14.6 Å². The van der Waals surface area contributed by atoms with Gasteiger partial charge < -0.3 is 5.32 Å². The molecule has 6 heteroatoms. The monoisotopic (exact) mass is 345 g/mol. The third kappa shape index (κ3) is 5.08. The predicted molar refractivity (Wildman–Crippen MR) is 93.1 cm³/mol. The molecule has 0 saturated carbocycles. The molecule has 1 heterocycles. The van der Waals surface area contributed by atoms with E-state index in [1.54, 1.807) is 24.3 Å². The average Bonchev–Trinajstić information content (AvgIpc) is 2.61. The molecule has 0 aromatic heterocycles. The normalized spacial score (nSPS) is 15.9. The van der Waals surface area contributed by atoms with Gasteiger partial charge in [0.2, 0.25) is 5.91 Å². The fraction of sp³-hybridized carbons (Fsp3) is 0.316. The molecule has 1 saturated heterocycles. The molecule has 1 aliphatic heterocycles. The maximum absolute atomic E-state index is 13.7. The van der Waals surface area contributed by atoms with Crippen molar-refractivity contribution in [2.45, 2.75) is 6.54 Å². The van der Waals surface area contributed by atoms with Crippen LogP contribution in [-0.4, -0.2) is 48.4 Å². The summed E-state index contributed by atoms with van der Waals surface area (Å²) in [5, 5.41) is 2.76. The molecular weight excluding hydrogens is 324 g/mol. The zero-order valence-corrected chi connectivity index (χ0v) is 13.9. The van der Waals surface area contributed by atoms with E-state index in [1.807, 2.05) is 6.07 Å². The van der Waals surface area contributed by atoms with E-state index in [1.165, 1.54) is 18.2 Å². The topological polar surface area (TPSA) is 35.6 Å². The summed E-state index contributed by atoms with van der Waals surface area (Å²) in [7, 11) is 0. The predicted octanol–water partition coefficient (Wildman–Crippen LogP) is 2.72. The Bertz CT molecular complexity index is 713. The number of piperazine rings is 1. The van der Waals surface area contributed by atoms with Gasteiger partial charge in [0.05, 0.1) is 6.54 Å². The van der Waals surface area contributed by atoms with Crippen molar-refractivity contribution in [2.75, 3.05) is 38.0 Å². The molecule has 0 radical (unpaired) electrons. The molecule has 2 aromatic carbocycles. The number of benzene rings is 2. The lowest BCUT2D eigenvalue weighted by Crippen LogP contribution is -2.48. The SMILES string of the molecule is O=C(CN1CCN(Cc2ccccc2F)CC1)Nc1ccc(F)cc1. The van der Waals surface area contributed by atoms with E-state index in [9.17, 15) is 13.6 Å². The molecular formula is C19H21F2N3O. The molecule has 4 nitrogen and oxygen atoms in total. The maximum atomic E-state index is 13.7. The van der Waals surface area contributed by atoms with Gasteiger partial charge in [-0.2, -0.15) is 0 Å². The van der Waals surface area contributed by atoms with Crippen LogP contribution in [-0.2, 0) is 11.3 Å². The van der Waals surface area contributed by atoms with Crippen molar-refractivity contribution in [3.63, 3.8) is 0 Å². The molecule has 3 rings (SSSR count). The maximum Gasteiger partial charge on any atom is 0.238 e. The van der Waals surface area contributed by atoms with E-state index in [2.05, 4.69) is 15.1 Å². The van der Waals surface area contributed by atoms with Crippen molar-refractivity contribution in [3.8, 4) is 0 Å². The zero-order valence-electron chi connectivity index (χ0n) is 13.9. The van der Waals surface area contributed by atoms with Crippen molar-refractivity contribution in [3.05, 3.63) is 65.7 Å². The van der Waals surface area contributed by atoms with Gasteiger partial charge in [0.25, 0.3) is 0 Å². The van der Waals surface area contributed by atoms with Crippen molar-refractivity contribution < 1.29 is 13.6 Å². The van der Waals surface area contributed by atoms with Crippen molar-refractivity contribution >= 4 is 11.6 Å². The van der Waals surface area contributed by atoms with Gasteiger partial charge in [-0.05, 0) is 30.3 Å². The third-order valence-corrected chi connectivity index (χ3v) is 4.31. The molecule has 1 aliphatic rings. The van der Waals surface area contributed by atoms with Crippen LogP contribution >= 0.6 is 0 Å². The number of carbonyl (C=O) groups excluding carboxylic acids is 1. The van der Waals surface area contributed by atoms with Crippen molar-refractivity contribution in [2.24, 2.45) is 0 Å². The van der Waals surface area contributed by atoms with Crippen molar-refractivity contribution in [1.82, 2.24) is 9.80 Å². The number of nitrogens with zero attached hydrogens (tertiary/aromatic N) is 2. The summed E-state index contributed by atoms with van der Waals surface area (Å²) in [4.78, 5) is 16.3. The fourth-order valence-corrected chi connectivity index (χ4v) is 2.91. The van der Waals surface area contributed by atoms with E-state index in [0.717, 1.165) is 26.2 Å². The largest absolute Gasteiger partial charge is 0.325 e. The van der Waals surface area contributed by atoms with E-state index in [-0.39, 0.29) is 17.5 Å². The summed E-state index contributed by atoms with van der Waals surface area (Å²) in [6.07, 6.45) is 0. The van der Waals surface area contributed by atoms with Crippen LogP contribution in [0, 0.1) is 11.6 Å². The number of amides is 1. The minimum atomic E-state index is -0.330. The van der Waals surface area contributed by atoms with Gasteiger partial charge in [-0.25, -0.2) is 8.78 Å². The highest BCUT2D eigenvalue weighted by Crippen LogP contribution is 2.12. The van der Waals surface area contributed by atoms with E-state index in [0.29, 0.717) is 24.3 Å². The van der Waals surface area contributed by atoms with Crippen LogP contribution in [0.15, 0.2) is 48.5 Å². The van der Waals surface area contributed by atoms with Gasteiger partial charge in [-0.1, -0.05) is 18.2 Å². The highest BCUT2D eigenvalue weighted by Gasteiger charge is 2.19. The second-order valence-corrected chi connectivity index (χ2v) is 6.20. The summed E-state index contributed by atoms with van der Waals surface area (Å²) in [5.74, 6) is -0.623. The Morgan fingerprint density at radius 3 is 2.24 bits per heavy atom. The Morgan fingerprint density at radius 1 is 0.920 bits per heavy atom. The molecule has 25 heavy (non-hydrogen) atoms. The van der Waals surface area contributed by atoms with E-state index < -0.39 is 0 Å². The summed E-state index contributed by atoms with van der Waals surface area (Å²) in [5.41, 5.74) is 1.29. The Labute approximate surface area is 146 Å². The second kappa shape index (κ2) is 8.18. The standard InChI is InChI=1S/C19H21F2N3O/c20-16-5-7-17(8-6-16)22-19(25)14-24-11-9-23(10-12-24)13-15-3-1-2-4-18(15)21/h1-8H,9-14H2,(H,22,25). The van der Waals surface area contributed by atoms with Gasteiger partial charge in [0.15, 0.2) is 0 Å². The number of nitrogens with one attached hydrogen (secondary N) is 1. The Balaban J connectivity index is 1.43. The number of halogens is 2. The van der Waals surface area contributed by atoms with Gasteiger partial charge in [0.1, 0.15) is 11.6 Å².